The molecular weight excluding hydrogens is 286 g/mol. The highest BCUT2D eigenvalue weighted by atomic mass is 79.9. The maximum Gasteiger partial charge on any atom is 0.0562 e. The second kappa shape index (κ2) is 6.71. The third-order valence-corrected chi connectivity index (χ3v) is 4.37. The Labute approximate surface area is 110 Å². The summed E-state index contributed by atoms with van der Waals surface area (Å²) in [5.74, 6) is 0. The number of halogens is 1. The zero-order valence-corrected chi connectivity index (χ0v) is 12.5. The zero-order valence-electron chi connectivity index (χ0n) is 10.1. The van der Waals surface area contributed by atoms with Crippen LogP contribution in [0.15, 0.2) is 15.9 Å². The van der Waals surface area contributed by atoms with Gasteiger partial charge in [-0.3, -0.25) is 4.90 Å². The van der Waals surface area contributed by atoms with Crippen molar-refractivity contribution >= 4 is 27.3 Å². The van der Waals surface area contributed by atoms with Crippen molar-refractivity contribution in [1.29, 1.82) is 0 Å². The van der Waals surface area contributed by atoms with E-state index < -0.39 is 0 Å². The normalized spacial score (nSPS) is 13.7. The van der Waals surface area contributed by atoms with Crippen molar-refractivity contribution in [3.05, 3.63) is 20.8 Å². The van der Waals surface area contributed by atoms with Crippen LogP contribution in [0.25, 0.3) is 0 Å². The van der Waals surface area contributed by atoms with Crippen LogP contribution in [0.2, 0.25) is 0 Å². The number of thiophene rings is 1. The molecule has 5 heteroatoms. The number of hydrogen-bond donors (Lipinski definition) is 1. The van der Waals surface area contributed by atoms with E-state index in [1.54, 1.807) is 11.3 Å². The van der Waals surface area contributed by atoms with Crippen molar-refractivity contribution in [3.8, 4) is 0 Å². The lowest BCUT2D eigenvalue weighted by Gasteiger charge is -2.27. The lowest BCUT2D eigenvalue weighted by Crippen LogP contribution is -2.35. The summed E-state index contributed by atoms with van der Waals surface area (Å²) in [6.07, 6.45) is 0. The molecule has 1 heterocycles. The van der Waals surface area contributed by atoms with Crippen LogP contribution in [-0.4, -0.2) is 50.6 Å². The van der Waals surface area contributed by atoms with E-state index in [1.165, 1.54) is 4.88 Å². The van der Waals surface area contributed by atoms with Gasteiger partial charge in [0.2, 0.25) is 0 Å². The molecule has 0 aliphatic carbocycles. The molecule has 2 N–H and O–H groups in total. The summed E-state index contributed by atoms with van der Waals surface area (Å²) in [6.45, 7) is 2.75. The minimum atomic E-state index is 0.330. The number of rotatable bonds is 6. The van der Waals surface area contributed by atoms with Crippen LogP contribution in [0.3, 0.4) is 0 Å². The van der Waals surface area contributed by atoms with E-state index >= 15 is 0 Å². The maximum absolute atomic E-state index is 5.86. The predicted molar refractivity (Wildman–Crippen MR) is 75.0 cm³/mol. The molecule has 0 aromatic carbocycles. The Bertz CT molecular complexity index is 314. The Hall–Kier alpha value is 0.0600. The minimum Gasteiger partial charge on any atom is -0.329 e. The summed E-state index contributed by atoms with van der Waals surface area (Å²) in [5, 5.41) is 2.11. The van der Waals surface area contributed by atoms with Crippen molar-refractivity contribution in [2.75, 3.05) is 40.8 Å². The van der Waals surface area contributed by atoms with E-state index in [4.69, 9.17) is 5.73 Å². The van der Waals surface area contributed by atoms with Gasteiger partial charge in [-0.15, -0.1) is 11.3 Å². The van der Waals surface area contributed by atoms with E-state index in [0.29, 0.717) is 12.6 Å². The highest BCUT2D eigenvalue weighted by Crippen LogP contribution is 2.28. The molecular formula is C11H20BrN3S. The number of likely N-dealkylation sites (N-methyl/N-ethyl adjacent to an activating group) is 2. The quantitative estimate of drug-likeness (QED) is 0.872. The van der Waals surface area contributed by atoms with Crippen LogP contribution < -0.4 is 5.73 Å². The molecule has 16 heavy (non-hydrogen) atoms. The molecule has 1 atom stereocenters. The molecule has 0 saturated carbocycles. The molecule has 0 spiro atoms. The van der Waals surface area contributed by atoms with Crippen molar-refractivity contribution in [3.63, 3.8) is 0 Å². The van der Waals surface area contributed by atoms with Crippen molar-refractivity contribution in [2.24, 2.45) is 5.73 Å². The first-order chi connectivity index (χ1) is 7.54. The SMILES string of the molecule is CN(C)CCN(C)C(CN)c1cc(Br)cs1. The number of nitrogens with zero attached hydrogens (tertiary/aromatic N) is 2. The van der Waals surface area contributed by atoms with Gasteiger partial charge in [0, 0.05) is 34.4 Å². The van der Waals surface area contributed by atoms with Gasteiger partial charge in [-0.1, -0.05) is 0 Å². The number of hydrogen-bond acceptors (Lipinski definition) is 4. The summed E-state index contributed by atoms with van der Waals surface area (Å²) < 4.78 is 1.15. The van der Waals surface area contributed by atoms with Crippen LogP contribution in [-0.2, 0) is 0 Å². The van der Waals surface area contributed by atoms with Gasteiger partial charge in [0.05, 0.1) is 6.04 Å². The summed E-state index contributed by atoms with van der Waals surface area (Å²) in [6, 6.07) is 2.49. The Kier molecular flexibility index (Phi) is 5.92. The van der Waals surface area contributed by atoms with E-state index in [9.17, 15) is 0 Å². The van der Waals surface area contributed by atoms with Gasteiger partial charge in [0.25, 0.3) is 0 Å². The molecule has 1 aromatic rings. The van der Waals surface area contributed by atoms with Crippen LogP contribution in [0.5, 0.6) is 0 Å². The molecule has 0 fully saturated rings. The molecule has 1 aromatic heterocycles. The fraction of sp³-hybridized carbons (Fsp3) is 0.636. The summed E-state index contributed by atoms with van der Waals surface area (Å²) in [5.41, 5.74) is 5.86. The van der Waals surface area contributed by atoms with Gasteiger partial charge in [-0.25, -0.2) is 0 Å². The topological polar surface area (TPSA) is 32.5 Å². The highest BCUT2D eigenvalue weighted by Gasteiger charge is 2.16. The Balaban J connectivity index is 2.59. The average Bonchev–Trinajstić information content (AvgIpc) is 2.63. The van der Waals surface area contributed by atoms with E-state index in [2.05, 4.69) is 58.3 Å². The van der Waals surface area contributed by atoms with Gasteiger partial charge >= 0.3 is 0 Å². The fourth-order valence-electron chi connectivity index (χ4n) is 1.53. The van der Waals surface area contributed by atoms with Crippen molar-refractivity contribution in [2.45, 2.75) is 6.04 Å². The smallest absolute Gasteiger partial charge is 0.0562 e. The molecule has 1 rings (SSSR count). The van der Waals surface area contributed by atoms with Crippen LogP contribution in [0.1, 0.15) is 10.9 Å². The lowest BCUT2D eigenvalue weighted by molar-refractivity contribution is 0.225. The largest absolute Gasteiger partial charge is 0.329 e. The monoisotopic (exact) mass is 305 g/mol. The maximum atomic E-state index is 5.86. The van der Waals surface area contributed by atoms with Gasteiger partial charge in [0.15, 0.2) is 0 Å². The van der Waals surface area contributed by atoms with Gasteiger partial charge in [-0.2, -0.15) is 0 Å². The molecule has 1 unspecified atom stereocenters. The minimum absolute atomic E-state index is 0.330. The standard InChI is InChI=1S/C11H20BrN3S/c1-14(2)4-5-15(3)10(7-13)11-6-9(12)8-16-11/h6,8,10H,4-5,7,13H2,1-3H3. The zero-order chi connectivity index (χ0) is 12.1. The number of nitrogens with two attached hydrogens (primary N) is 1. The fourth-order valence-corrected chi connectivity index (χ4v) is 3.15. The Morgan fingerprint density at radius 2 is 2.06 bits per heavy atom. The summed E-state index contributed by atoms with van der Waals surface area (Å²) in [4.78, 5) is 5.84. The third kappa shape index (κ3) is 4.14. The van der Waals surface area contributed by atoms with Crippen LogP contribution in [0.4, 0.5) is 0 Å². The van der Waals surface area contributed by atoms with Crippen LogP contribution >= 0.6 is 27.3 Å². The lowest BCUT2D eigenvalue weighted by atomic mass is 10.2. The first kappa shape index (κ1) is 14.1. The molecule has 0 saturated heterocycles. The van der Waals surface area contributed by atoms with Crippen molar-refractivity contribution < 1.29 is 0 Å². The second-order valence-electron chi connectivity index (χ2n) is 4.20. The van der Waals surface area contributed by atoms with Gasteiger partial charge in [0.1, 0.15) is 0 Å². The second-order valence-corrected chi connectivity index (χ2v) is 6.06. The van der Waals surface area contributed by atoms with Crippen molar-refractivity contribution in [1.82, 2.24) is 9.80 Å². The Morgan fingerprint density at radius 3 is 2.50 bits per heavy atom. The summed E-state index contributed by atoms with van der Waals surface area (Å²) in [7, 11) is 6.31. The molecule has 0 bridgehead atoms. The van der Waals surface area contributed by atoms with Gasteiger partial charge < -0.3 is 10.6 Å². The first-order valence-corrected chi connectivity index (χ1v) is 7.00. The third-order valence-electron chi connectivity index (χ3n) is 2.57. The van der Waals surface area contributed by atoms with E-state index in [-0.39, 0.29) is 0 Å². The molecule has 3 nitrogen and oxygen atoms in total. The van der Waals surface area contributed by atoms with E-state index in [0.717, 1.165) is 17.6 Å². The molecule has 0 radical (unpaired) electrons. The molecule has 0 amide bonds. The van der Waals surface area contributed by atoms with Gasteiger partial charge in [-0.05, 0) is 43.1 Å². The molecule has 0 aliphatic rings. The predicted octanol–water partition coefficient (Wildman–Crippen LogP) is 2.00. The summed E-state index contributed by atoms with van der Waals surface area (Å²) >= 11 is 5.25. The first-order valence-electron chi connectivity index (χ1n) is 5.33. The molecule has 0 aliphatic heterocycles. The molecule has 92 valence electrons. The Morgan fingerprint density at radius 1 is 1.38 bits per heavy atom. The highest BCUT2D eigenvalue weighted by molar-refractivity contribution is 9.10. The van der Waals surface area contributed by atoms with Crippen LogP contribution in [0, 0.1) is 0 Å². The average molecular weight is 306 g/mol. The van der Waals surface area contributed by atoms with E-state index in [1.807, 2.05) is 0 Å².